The highest BCUT2D eigenvalue weighted by Crippen LogP contribution is 2.02. The number of aromatic carboxylic acids is 1. The van der Waals surface area contributed by atoms with E-state index in [1.54, 1.807) is 0 Å². The third-order valence-corrected chi connectivity index (χ3v) is 2.16. The van der Waals surface area contributed by atoms with E-state index in [0.717, 1.165) is 19.6 Å². The van der Waals surface area contributed by atoms with Crippen molar-refractivity contribution in [2.24, 2.45) is 0 Å². The van der Waals surface area contributed by atoms with Crippen molar-refractivity contribution >= 4 is 5.97 Å². The Labute approximate surface area is 100 Å². The highest BCUT2D eigenvalue weighted by atomic mass is 16.5. The molecule has 94 valence electrons. The van der Waals surface area contributed by atoms with Crippen molar-refractivity contribution in [2.45, 2.75) is 19.9 Å². The van der Waals surface area contributed by atoms with Crippen molar-refractivity contribution in [1.29, 1.82) is 0 Å². The molecule has 1 aromatic rings. The van der Waals surface area contributed by atoms with E-state index in [0.29, 0.717) is 18.8 Å². The molecule has 0 saturated carbocycles. The summed E-state index contributed by atoms with van der Waals surface area (Å²) in [4.78, 5) is 18.5. The van der Waals surface area contributed by atoms with Crippen LogP contribution in [0.1, 0.15) is 29.4 Å². The summed E-state index contributed by atoms with van der Waals surface area (Å²) in [7, 11) is 0. The van der Waals surface area contributed by atoms with Crippen LogP contribution in [0.25, 0.3) is 0 Å². The van der Waals surface area contributed by atoms with E-state index in [4.69, 9.17) is 9.84 Å². The summed E-state index contributed by atoms with van der Waals surface area (Å²) in [6.07, 6.45) is 3.55. The van der Waals surface area contributed by atoms with Gasteiger partial charge in [0.15, 0.2) is 0 Å². The van der Waals surface area contributed by atoms with E-state index < -0.39 is 5.97 Å². The molecule has 1 rings (SSSR count). The zero-order valence-electron chi connectivity index (χ0n) is 9.85. The quantitative estimate of drug-likeness (QED) is 0.649. The average molecular weight is 239 g/mol. The Balaban J connectivity index is 2.34. The van der Waals surface area contributed by atoms with Crippen molar-refractivity contribution in [3.8, 4) is 0 Å². The molecular formula is C11H17N3O3. The number of aromatic nitrogens is 2. The largest absolute Gasteiger partial charge is 0.478 e. The van der Waals surface area contributed by atoms with Crippen LogP contribution in [0.3, 0.4) is 0 Å². The van der Waals surface area contributed by atoms with Gasteiger partial charge in [0.05, 0.1) is 5.69 Å². The maximum Gasteiger partial charge on any atom is 0.339 e. The first-order valence-corrected chi connectivity index (χ1v) is 5.56. The summed E-state index contributed by atoms with van der Waals surface area (Å²) in [5.74, 6) is -1.00. The van der Waals surface area contributed by atoms with E-state index in [1.807, 2.05) is 6.92 Å². The minimum atomic E-state index is -1.00. The lowest BCUT2D eigenvalue weighted by molar-refractivity contribution is 0.0694. The molecule has 17 heavy (non-hydrogen) atoms. The third kappa shape index (κ3) is 4.88. The SMILES string of the molecule is CCOCCCNCc1ncncc1C(=O)O. The molecule has 0 aliphatic heterocycles. The molecule has 0 aromatic carbocycles. The number of hydrogen-bond acceptors (Lipinski definition) is 5. The van der Waals surface area contributed by atoms with Gasteiger partial charge >= 0.3 is 5.97 Å². The van der Waals surface area contributed by atoms with Crippen molar-refractivity contribution in [1.82, 2.24) is 15.3 Å². The molecule has 1 heterocycles. The smallest absolute Gasteiger partial charge is 0.339 e. The summed E-state index contributed by atoms with van der Waals surface area (Å²) < 4.78 is 5.19. The zero-order valence-corrected chi connectivity index (χ0v) is 9.85. The summed E-state index contributed by atoms with van der Waals surface area (Å²) in [6.45, 7) is 4.57. The Morgan fingerprint density at radius 2 is 2.41 bits per heavy atom. The monoisotopic (exact) mass is 239 g/mol. The average Bonchev–Trinajstić information content (AvgIpc) is 2.34. The molecule has 2 N–H and O–H groups in total. The molecule has 0 bridgehead atoms. The Kier molecular flexibility index (Phi) is 6.13. The van der Waals surface area contributed by atoms with Gasteiger partial charge in [0.2, 0.25) is 0 Å². The topological polar surface area (TPSA) is 84.3 Å². The maximum atomic E-state index is 10.9. The summed E-state index contributed by atoms with van der Waals surface area (Å²) in [5, 5.41) is 12.0. The molecule has 0 saturated heterocycles. The Hall–Kier alpha value is -1.53. The molecule has 1 aromatic heterocycles. The standard InChI is InChI=1S/C11H17N3O3/c1-2-17-5-3-4-12-7-10-9(11(15)16)6-13-8-14-10/h6,8,12H,2-5,7H2,1H3,(H,15,16). The van der Waals surface area contributed by atoms with Crippen LogP contribution in [0.5, 0.6) is 0 Å². The number of carboxylic acids is 1. The third-order valence-electron chi connectivity index (χ3n) is 2.16. The molecule has 0 radical (unpaired) electrons. The number of nitrogens with zero attached hydrogens (tertiary/aromatic N) is 2. The van der Waals surface area contributed by atoms with Crippen molar-refractivity contribution < 1.29 is 14.6 Å². The van der Waals surface area contributed by atoms with Gasteiger partial charge in [-0.2, -0.15) is 0 Å². The maximum absolute atomic E-state index is 10.9. The van der Waals surface area contributed by atoms with E-state index in [-0.39, 0.29) is 5.56 Å². The van der Waals surface area contributed by atoms with Gasteiger partial charge in [-0.25, -0.2) is 14.8 Å². The molecule has 0 unspecified atom stereocenters. The molecule has 0 amide bonds. The van der Waals surface area contributed by atoms with E-state index in [9.17, 15) is 4.79 Å². The Bertz CT molecular complexity index is 358. The first kappa shape index (κ1) is 13.5. The second kappa shape index (κ2) is 7.70. The number of ether oxygens (including phenoxy) is 1. The van der Waals surface area contributed by atoms with Crippen LogP contribution in [0.2, 0.25) is 0 Å². The second-order valence-corrected chi connectivity index (χ2v) is 3.42. The van der Waals surface area contributed by atoms with Gasteiger partial charge < -0.3 is 15.2 Å². The predicted octanol–water partition coefficient (Wildman–Crippen LogP) is 0.691. The molecule has 0 aliphatic rings. The summed E-state index contributed by atoms with van der Waals surface area (Å²) in [5.41, 5.74) is 0.647. The van der Waals surface area contributed by atoms with Crippen LogP contribution in [0.4, 0.5) is 0 Å². The minimum absolute atomic E-state index is 0.143. The molecule has 0 atom stereocenters. The van der Waals surface area contributed by atoms with Gasteiger partial charge in [-0.3, -0.25) is 0 Å². The Morgan fingerprint density at radius 1 is 1.59 bits per heavy atom. The van der Waals surface area contributed by atoms with Crippen LogP contribution in [0.15, 0.2) is 12.5 Å². The molecular weight excluding hydrogens is 222 g/mol. The lowest BCUT2D eigenvalue weighted by atomic mass is 10.2. The van der Waals surface area contributed by atoms with E-state index >= 15 is 0 Å². The van der Waals surface area contributed by atoms with Crippen LogP contribution in [-0.4, -0.2) is 40.8 Å². The fourth-order valence-corrected chi connectivity index (χ4v) is 1.32. The Morgan fingerprint density at radius 3 is 3.12 bits per heavy atom. The fourth-order valence-electron chi connectivity index (χ4n) is 1.32. The van der Waals surface area contributed by atoms with Crippen LogP contribution >= 0.6 is 0 Å². The molecule has 0 spiro atoms. The number of rotatable bonds is 8. The molecule has 0 fully saturated rings. The molecule has 6 heteroatoms. The van der Waals surface area contributed by atoms with Gasteiger partial charge in [0.1, 0.15) is 11.9 Å². The highest BCUT2D eigenvalue weighted by molar-refractivity contribution is 5.88. The lowest BCUT2D eigenvalue weighted by Gasteiger charge is -2.06. The second-order valence-electron chi connectivity index (χ2n) is 3.42. The highest BCUT2D eigenvalue weighted by Gasteiger charge is 2.10. The van der Waals surface area contributed by atoms with E-state index in [1.165, 1.54) is 12.5 Å². The zero-order chi connectivity index (χ0) is 12.5. The minimum Gasteiger partial charge on any atom is -0.478 e. The van der Waals surface area contributed by atoms with Crippen LogP contribution in [-0.2, 0) is 11.3 Å². The summed E-state index contributed by atoms with van der Waals surface area (Å²) in [6, 6.07) is 0. The molecule has 0 aliphatic carbocycles. The van der Waals surface area contributed by atoms with Crippen LogP contribution in [0, 0.1) is 0 Å². The van der Waals surface area contributed by atoms with Crippen molar-refractivity contribution in [2.75, 3.05) is 19.8 Å². The van der Waals surface area contributed by atoms with Gasteiger partial charge in [0, 0.05) is 26.0 Å². The normalized spacial score (nSPS) is 10.4. The predicted molar refractivity (Wildman–Crippen MR) is 61.8 cm³/mol. The lowest BCUT2D eigenvalue weighted by Crippen LogP contribution is -2.19. The van der Waals surface area contributed by atoms with Crippen molar-refractivity contribution in [3.05, 3.63) is 23.8 Å². The van der Waals surface area contributed by atoms with Crippen LogP contribution < -0.4 is 5.32 Å². The van der Waals surface area contributed by atoms with Gasteiger partial charge in [-0.1, -0.05) is 0 Å². The first-order valence-electron chi connectivity index (χ1n) is 5.56. The number of nitrogens with one attached hydrogen (secondary N) is 1. The first-order chi connectivity index (χ1) is 8.25. The van der Waals surface area contributed by atoms with Gasteiger partial charge in [-0.05, 0) is 19.9 Å². The number of hydrogen-bond donors (Lipinski definition) is 2. The number of carbonyl (C=O) groups is 1. The molecule has 6 nitrogen and oxygen atoms in total. The fraction of sp³-hybridized carbons (Fsp3) is 0.545. The van der Waals surface area contributed by atoms with Gasteiger partial charge in [-0.15, -0.1) is 0 Å². The van der Waals surface area contributed by atoms with Gasteiger partial charge in [0.25, 0.3) is 0 Å². The summed E-state index contributed by atoms with van der Waals surface area (Å²) >= 11 is 0. The number of carboxylic acid groups (broad SMARTS) is 1. The van der Waals surface area contributed by atoms with Crippen molar-refractivity contribution in [3.63, 3.8) is 0 Å². The van der Waals surface area contributed by atoms with E-state index in [2.05, 4.69) is 15.3 Å².